The molecule has 0 radical (unpaired) electrons. The van der Waals surface area contributed by atoms with Crippen molar-refractivity contribution in [3.05, 3.63) is 48.7 Å². The Labute approximate surface area is 185 Å². The molecule has 0 saturated carbocycles. The van der Waals surface area contributed by atoms with E-state index in [4.69, 9.17) is 4.74 Å². The SMILES string of the molecule is COc1ccnc(Nc2nc(-c3nccn3C)nn3cc(-c4ccn(C(F)F)n4)c(C)c23)n1. The van der Waals surface area contributed by atoms with Crippen molar-refractivity contribution in [2.75, 3.05) is 12.4 Å². The highest BCUT2D eigenvalue weighted by atomic mass is 19.3. The van der Waals surface area contributed by atoms with Crippen LogP contribution in [-0.4, -0.2) is 51.0 Å². The summed E-state index contributed by atoms with van der Waals surface area (Å²) in [6, 6.07) is 3.15. The van der Waals surface area contributed by atoms with Gasteiger partial charge in [-0.15, -0.1) is 5.10 Å². The van der Waals surface area contributed by atoms with Gasteiger partial charge in [0, 0.05) is 49.7 Å². The van der Waals surface area contributed by atoms with E-state index in [9.17, 15) is 8.78 Å². The van der Waals surface area contributed by atoms with Crippen molar-refractivity contribution in [1.82, 2.24) is 43.9 Å². The maximum Gasteiger partial charge on any atom is 0.333 e. The minimum absolute atomic E-state index is 0.268. The predicted octanol–water partition coefficient (Wildman–Crippen LogP) is 3.24. The summed E-state index contributed by atoms with van der Waals surface area (Å²) in [4.78, 5) is 17.5. The molecule has 0 unspecified atom stereocenters. The van der Waals surface area contributed by atoms with Crippen molar-refractivity contribution in [1.29, 1.82) is 0 Å². The molecule has 11 nitrogen and oxygen atoms in total. The van der Waals surface area contributed by atoms with Gasteiger partial charge in [0.15, 0.2) is 11.6 Å². The summed E-state index contributed by atoms with van der Waals surface area (Å²) in [7, 11) is 3.34. The highest BCUT2D eigenvalue weighted by Crippen LogP contribution is 2.32. The van der Waals surface area contributed by atoms with Gasteiger partial charge in [-0.3, -0.25) is 0 Å². The summed E-state index contributed by atoms with van der Waals surface area (Å²) in [6.07, 6.45) is 7.93. The Morgan fingerprint density at radius 1 is 1.06 bits per heavy atom. The molecule has 0 saturated heterocycles. The fourth-order valence-corrected chi connectivity index (χ4v) is 3.46. The van der Waals surface area contributed by atoms with Gasteiger partial charge in [-0.1, -0.05) is 0 Å². The van der Waals surface area contributed by atoms with Gasteiger partial charge in [-0.25, -0.2) is 24.1 Å². The van der Waals surface area contributed by atoms with Crippen LogP contribution in [0.3, 0.4) is 0 Å². The van der Waals surface area contributed by atoms with Crippen LogP contribution in [-0.2, 0) is 7.05 Å². The van der Waals surface area contributed by atoms with Crippen LogP contribution >= 0.6 is 0 Å². The van der Waals surface area contributed by atoms with Gasteiger partial charge < -0.3 is 14.6 Å². The number of anilines is 2. The molecule has 0 aliphatic rings. The number of aromatic nitrogens is 9. The van der Waals surface area contributed by atoms with E-state index in [2.05, 4.69) is 35.5 Å². The van der Waals surface area contributed by atoms with Gasteiger partial charge in [0.05, 0.1) is 12.8 Å². The zero-order valence-corrected chi connectivity index (χ0v) is 17.8. The minimum Gasteiger partial charge on any atom is -0.481 e. The number of aryl methyl sites for hydroxylation is 2. The number of hydrogen-bond donors (Lipinski definition) is 1. The molecule has 5 rings (SSSR count). The Balaban J connectivity index is 1.69. The van der Waals surface area contributed by atoms with Crippen molar-refractivity contribution < 1.29 is 13.5 Å². The molecular weight excluding hydrogens is 434 g/mol. The molecule has 168 valence electrons. The molecule has 33 heavy (non-hydrogen) atoms. The van der Waals surface area contributed by atoms with Gasteiger partial charge >= 0.3 is 6.55 Å². The van der Waals surface area contributed by atoms with E-state index < -0.39 is 6.55 Å². The summed E-state index contributed by atoms with van der Waals surface area (Å²) in [5.41, 5.74) is 2.38. The van der Waals surface area contributed by atoms with E-state index in [0.29, 0.717) is 44.8 Å². The molecule has 0 spiro atoms. The van der Waals surface area contributed by atoms with Crippen molar-refractivity contribution in [2.45, 2.75) is 13.5 Å². The normalized spacial score (nSPS) is 11.5. The monoisotopic (exact) mass is 452 g/mol. The second-order valence-corrected chi connectivity index (χ2v) is 7.11. The molecule has 5 heterocycles. The fraction of sp³-hybridized carbons (Fsp3) is 0.200. The lowest BCUT2D eigenvalue weighted by Crippen LogP contribution is -2.07. The molecule has 0 atom stereocenters. The topological polar surface area (TPSA) is 113 Å². The number of ether oxygens (including phenoxy) is 1. The average Bonchev–Trinajstić information content (AvgIpc) is 3.52. The third-order valence-electron chi connectivity index (χ3n) is 5.06. The standard InChI is InChI=1S/C20H18F2N10O/c1-11-12(13-5-8-31(28-13)19(21)22)10-32-15(11)16(27-20-24-6-4-14(25-20)33-3)26-17(29-32)18-23-7-9-30(18)2/h4-10,19H,1-3H3,(H,24,25,26,27,29). The second-order valence-electron chi connectivity index (χ2n) is 7.11. The Bertz CT molecular complexity index is 1450. The number of methoxy groups -OCH3 is 1. The first kappa shape index (κ1) is 20.5. The molecule has 13 heteroatoms. The van der Waals surface area contributed by atoms with Gasteiger partial charge in [-0.2, -0.15) is 18.9 Å². The summed E-state index contributed by atoms with van der Waals surface area (Å²) in [5.74, 6) is 1.95. The van der Waals surface area contributed by atoms with Crippen LogP contribution in [0.25, 0.3) is 28.4 Å². The zero-order chi connectivity index (χ0) is 23.1. The lowest BCUT2D eigenvalue weighted by Gasteiger charge is -2.10. The van der Waals surface area contributed by atoms with Gasteiger partial charge in [0.25, 0.3) is 0 Å². The maximum atomic E-state index is 13.0. The second kappa shape index (κ2) is 7.93. The van der Waals surface area contributed by atoms with Gasteiger partial charge in [-0.05, 0) is 18.6 Å². The lowest BCUT2D eigenvalue weighted by molar-refractivity contribution is 0.0568. The first-order valence-electron chi connectivity index (χ1n) is 9.80. The van der Waals surface area contributed by atoms with Crippen LogP contribution in [0, 0.1) is 6.92 Å². The molecule has 0 bridgehead atoms. The van der Waals surface area contributed by atoms with Crippen molar-refractivity contribution >= 4 is 17.3 Å². The summed E-state index contributed by atoms with van der Waals surface area (Å²) < 4.78 is 35.3. The van der Waals surface area contributed by atoms with Crippen LogP contribution in [0.15, 0.2) is 43.1 Å². The van der Waals surface area contributed by atoms with Crippen LogP contribution in [0.2, 0.25) is 0 Å². The molecule has 0 amide bonds. The number of hydrogen-bond acceptors (Lipinski definition) is 8. The minimum atomic E-state index is -2.73. The van der Waals surface area contributed by atoms with E-state index in [1.54, 1.807) is 39.9 Å². The van der Waals surface area contributed by atoms with E-state index in [-0.39, 0.29) is 5.95 Å². The fourth-order valence-electron chi connectivity index (χ4n) is 3.46. The zero-order valence-electron chi connectivity index (χ0n) is 17.8. The summed E-state index contributed by atoms with van der Waals surface area (Å²) in [6.45, 7) is -0.888. The third-order valence-corrected chi connectivity index (χ3v) is 5.06. The molecule has 0 aliphatic carbocycles. The first-order valence-corrected chi connectivity index (χ1v) is 9.80. The number of rotatable bonds is 6. The lowest BCUT2D eigenvalue weighted by atomic mass is 10.1. The first-order chi connectivity index (χ1) is 15.9. The average molecular weight is 452 g/mol. The molecule has 5 aromatic heterocycles. The van der Waals surface area contributed by atoms with Crippen molar-refractivity contribution in [3.8, 4) is 28.8 Å². The summed E-state index contributed by atoms with van der Waals surface area (Å²) in [5, 5.41) is 11.7. The largest absolute Gasteiger partial charge is 0.481 e. The Morgan fingerprint density at radius 2 is 1.91 bits per heavy atom. The highest BCUT2D eigenvalue weighted by Gasteiger charge is 2.21. The van der Waals surface area contributed by atoms with Crippen LogP contribution in [0.5, 0.6) is 5.88 Å². The smallest absolute Gasteiger partial charge is 0.333 e. The number of nitrogens with one attached hydrogen (secondary N) is 1. The van der Waals surface area contributed by atoms with Gasteiger partial charge in [0.1, 0.15) is 5.52 Å². The van der Waals surface area contributed by atoms with Crippen LogP contribution in [0.4, 0.5) is 20.5 Å². The number of alkyl halides is 2. The summed E-state index contributed by atoms with van der Waals surface area (Å²) >= 11 is 0. The third kappa shape index (κ3) is 3.62. The molecule has 0 fully saturated rings. The van der Waals surface area contributed by atoms with Gasteiger partial charge in [0.2, 0.25) is 17.7 Å². The number of fused-ring (bicyclic) bond motifs is 1. The Morgan fingerprint density at radius 3 is 2.61 bits per heavy atom. The highest BCUT2D eigenvalue weighted by molar-refractivity contribution is 5.83. The number of imidazole rings is 1. The van der Waals surface area contributed by atoms with E-state index >= 15 is 0 Å². The number of halogens is 2. The molecule has 0 aromatic carbocycles. The van der Waals surface area contributed by atoms with Crippen molar-refractivity contribution in [2.24, 2.45) is 7.05 Å². The Kier molecular flexibility index (Phi) is 4.92. The molecule has 0 aliphatic heterocycles. The van der Waals surface area contributed by atoms with E-state index in [1.165, 1.54) is 19.4 Å². The van der Waals surface area contributed by atoms with Crippen molar-refractivity contribution in [3.63, 3.8) is 0 Å². The molecule has 1 N–H and O–H groups in total. The van der Waals surface area contributed by atoms with E-state index in [1.807, 2.05) is 14.0 Å². The Hall–Kier alpha value is -4.42. The predicted molar refractivity (Wildman–Crippen MR) is 114 cm³/mol. The number of nitrogens with zero attached hydrogens (tertiary/aromatic N) is 9. The quantitative estimate of drug-likeness (QED) is 0.418. The van der Waals surface area contributed by atoms with E-state index in [0.717, 1.165) is 5.56 Å². The van der Waals surface area contributed by atoms with Crippen LogP contribution in [0.1, 0.15) is 12.1 Å². The maximum absolute atomic E-state index is 13.0. The van der Waals surface area contributed by atoms with Crippen LogP contribution < -0.4 is 10.1 Å². The molecule has 5 aromatic rings. The molecular formula is C20H18F2N10O.